The summed E-state index contributed by atoms with van der Waals surface area (Å²) < 4.78 is 0.612. The van der Waals surface area contributed by atoms with Crippen molar-refractivity contribution in [2.45, 2.75) is 12.8 Å². The van der Waals surface area contributed by atoms with Crippen LogP contribution >= 0.6 is 22.6 Å². The van der Waals surface area contributed by atoms with Crippen LogP contribution in [0.2, 0.25) is 0 Å². The molecule has 0 aliphatic rings. The standard InChI is InChI=1S/C9H10INO3/c1-6(5-12)7-2-3-8(10)9(4-7)11(13)14/h2-4,6,12H,5H2,1H3. The summed E-state index contributed by atoms with van der Waals surface area (Å²) in [7, 11) is 0. The van der Waals surface area contributed by atoms with Gasteiger partial charge >= 0.3 is 0 Å². The second-order valence-electron chi connectivity index (χ2n) is 3.05. The van der Waals surface area contributed by atoms with Crippen LogP contribution in [-0.2, 0) is 0 Å². The van der Waals surface area contributed by atoms with Gasteiger partial charge in [-0.1, -0.05) is 13.0 Å². The van der Waals surface area contributed by atoms with E-state index in [1.807, 2.05) is 29.5 Å². The maximum absolute atomic E-state index is 10.6. The van der Waals surface area contributed by atoms with E-state index >= 15 is 0 Å². The van der Waals surface area contributed by atoms with Gasteiger partial charge in [-0.05, 0) is 34.2 Å². The van der Waals surface area contributed by atoms with Gasteiger partial charge < -0.3 is 5.11 Å². The van der Waals surface area contributed by atoms with Crippen molar-refractivity contribution in [1.29, 1.82) is 0 Å². The fourth-order valence-electron chi connectivity index (χ4n) is 1.08. The smallest absolute Gasteiger partial charge is 0.282 e. The second kappa shape index (κ2) is 4.70. The van der Waals surface area contributed by atoms with E-state index in [1.54, 1.807) is 12.1 Å². The maximum Gasteiger partial charge on any atom is 0.282 e. The van der Waals surface area contributed by atoms with Crippen LogP contribution in [0, 0.1) is 13.7 Å². The van der Waals surface area contributed by atoms with Crippen LogP contribution in [0.5, 0.6) is 0 Å². The molecule has 0 aliphatic heterocycles. The molecule has 14 heavy (non-hydrogen) atoms. The van der Waals surface area contributed by atoms with Crippen LogP contribution in [0.3, 0.4) is 0 Å². The lowest BCUT2D eigenvalue weighted by atomic mass is 10.0. The van der Waals surface area contributed by atoms with Crippen molar-refractivity contribution in [3.8, 4) is 0 Å². The van der Waals surface area contributed by atoms with Crippen molar-refractivity contribution < 1.29 is 10.0 Å². The highest BCUT2D eigenvalue weighted by Crippen LogP contribution is 2.25. The number of hydrogen-bond donors (Lipinski definition) is 1. The fraction of sp³-hybridized carbons (Fsp3) is 0.333. The Bertz CT molecular complexity index is 354. The van der Waals surface area contributed by atoms with Gasteiger partial charge in [0.1, 0.15) is 0 Å². The summed E-state index contributed by atoms with van der Waals surface area (Å²) in [5, 5.41) is 19.5. The van der Waals surface area contributed by atoms with Gasteiger partial charge in [0.25, 0.3) is 5.69 Å². The molecule has 0 spiro atoms. The molecule has 4 nitrogen and oxygen atoms in total. The van der Waals surface area contributed by atoms with Gasteiger partial charge in [0.2, 0.25) is 0 Å². The van der Waals surface area contributed by atoms with Crippen molar-refractivity contribution >= 4 is 28.3 Å². The molecule has 1 aromatic carbocycles. The summed E-state index contributed by atoms with van der Waals surface area (Å²) >= 11 is 1.92. The molecule has 0 bridgehead atoms. The Morgan fingerprint density at radius 1 is 1.64 bits per heavy atom. The van der Waals surface area contributed by atoms with E-state index in [2.05, 4.69) is 0 Å². The minimum atomic E-state index is -0.407. The van der Waals surface area contributed by atoms with Gasteiger partial charge in [-0.15, -0.1) is 0 Å². The van der Waals surface area contributed by atoms with Crippen LogP contribution in [0.4, 0.5) is 5.69 Å². The van der Waals surface area contributed by atoms with Crippen molar-refractivity contribution in [1.82, 2.24) is 0 Å². The number of halogens is 1. The third-order valence-corrected chi connectivity index (χ3v) is 2.92. The van der Waals surface area contributed by atoms with Crippen molar-refractivity contribution in [2.75, 3.05) is 6.61 Å². The first-order chi connectivity index (χ1) is 6.56. The predicted molar refractivity (Wildman–Crippen MR) is 61.3 cm³/mol. The number of nitro benzene ring substituents is 1. The molecule has 5 heteroatoms. The highest BCUT2D eigenvalue weighted by atomic mass is 127. The highest BCUT2D eigenvalue weighted by molar-refractivity contribution is 14.1. The molecular weight excluding hydrogens is 297 g/mol. The first kappa shape index (κ1) is 11.4. The molecule has 0 aromatic heterocycles. The van der Waals surface area contributed by atoms with E-state index in [0.717, 1.165) is 5.56 Å². The fourth-order valence-corrected chi connectivity index (χ4v) is 1.61. The Balaban J connectivity index is 3.12. The first-order valence-corrected chi connectivity index (χ1v) is 5.19. The Morgan fingerprint density at radius 3 is 2.79 bits per heavy atom. The zero-order chi connectivity index (χ0) is 10.7. The van der Waals surface area contributed by atoms with Crippen LogP contribution in [0.1, 0.15) is 18.4 Å². The summed E-state index contributed by atoms with van der Waals surface area (Å²) in [6.07, 6.45) is 0. The van der Waals surface area contributed by atoms with Gasteiger partial charge in [-0.3, -0.25) is 10.1 Å². The van der Waals surface area contributed by atoms with Gasteiger partial charge in [-0.2, -0.15) is 0 Å². The summed E-state index contributed by atoms with van der Waals surface area (Å²) in [4.78, 5) is 10.2. The molecule has 1 N–H and O–H groups in total. The zero-order valence-electron chi connectivity index (χ0n) is 7.61. The number of aliphatic hydroxyl groups excluding tert-OH is 1. The summed E-state index contributed by atoms with van der Waals surface area (Å²) in [5.74, 6) is -0.0642. The molecule has 0 saturated carbocycles. The van der Waals surface area contributed by atoms with E-state index in [4.69, 9.17) is 5.11 Å². The quantitative estimate of drug-likeness (QED) is 0.529. The minimum Gasteiger partial charge on any atom is -0.396 e. The van der Waals surface area contributed by atoms with E-state index in [-0.39, 0.29) is 18.2 Å². The number of benzene rings is 1. The molecule has 1 unspecified atom stereocenters. The van der Waals surface area contributed by atoms with E-state index in [1.165, 1.54) is 6.07 Å². The monoisotopic (exact) mass is 307 g/mol. The van der Waals surface area contributed by atoms with Gasteiger partial charge in [0.15, 0.2) is 0 Å². The summed E-state index contributed by atoms with van der Waals surface area (Å²) in [6.45, 7) is 1.82. The average molecular weight is 307 g/mol. The Morgan fingerprint density at radius 2 is 2.29 bits per heavy atom. The summed E-state index contributed by atoms with van der Waals surface area (Å²) in [5.41, 5.74) is 0.892. The highest BCUT2D eigenvalue weighted by Gasteiger charge is 2.14. The lowest BCUT2D eigenvalue weighted by Gasteiger charge is -2.07. The second-order valence-corrected chi connectivity index (χ2v) is 4.21. The molecule has 1 aromatic rings. The van der Waals surface area contributed by atoms with Crippen LogP contribution in [0.15, 0.2) is 18.2 Å². The number of hydrogen-bond acceptors (Lipinski definition) is 3. The molecule has 0 fully saturated rings. The van der Waals surface area contributed by atoms with Crippen molar-refractivity contribution in [3.05, 3.63) is 37.4 Å². The van der Waals surface area contributed by atoms with E-state index < -0.39 is 4.92 Å². The third kappa shape index (κ3) is 2.42. The average Bonchev–Trinajstić information content (AvgIpc) is 2.17. The molecule has 0 aliphatic carbocycles. The third-order valence-electron chi connectivity index (χ3n) is 2.01. The minimum absolute atomic E-state index is 0.00224. The normalized spacial score (nSPS) is 12.5. The summed E-state index contributed by atoms with van der Waals surface area (Å²) in [6, 6.07) is 5.01. The molecule has 1 rings (SSSR count). The molecule has 1 atom stereocenters. The molecule has 0 saturated heterocycles. The molecule has 0 amide bonds. The van der Waals surface area contributed by atoms with Gasteiger partial charge in [-0.25, -0.2) is 0 Å². The van der Waals surface area contributed by atoms with Crippen LogP contribution < -0.4 is 0 Å². The van der Waals surface area contributed by atoms with Gasteiger partial charge in [0, 0.05) is 18.6 Å². The van der Waals surface area contributed by atoms with E-state index in [9.17, 15) is 10.1 Å². The molecule has 0 radical (unpaired) electrons. The molecule has 76 valence electrons. The number of aliphatic hydroxyl groups is 1. The SMILES string of the molecule is CC(CO)c1ccc(I)c([N+](=O)[O-])c1. The number of nitro groups is 1. The van der Waals surface area contributed by atoms with Crippen molar-refractivity contribution in [2.24, 2.45) is 0 Å². The van der Waals surface area contributed by atoms with Crippen LogP contribution in [-0.4, -0.2) is 16.6 Å². The number of rotatable bonds is 3. The topological polar surface area (TPSA) is 63.4 Å². The maximum atomic E-state index is 10.6. The lowest BCUT2D eigenvalue weighted by molar-refractivity contribution is -0.385. The Labute approximate surface area is 95.2 Å². The van der Waals surface area contributed by atoms with Crippen molar-refractivity contribution in [3.63, 3.8) is 0 Å². The van der Waals surface area contributed by atoms with E-state index in [0.29, 0.717) is 3.57 Å². The zero-order valence-corrected chi connectivity index (χ0v) is 9.76. The predicted octanol–water partition coefficient (Wildman–Crippen LogP) is 2.30. The lowest BCUT2D eigenvalue weighted by Crippen LogP contribution is -2.00. The first-order valence-electron chi connectivity index (χ1n) is 4.11. The van der Waals surface area contributed by atoms with Crippen LogP contribution in [0.25, 0.3) is 0 Å². The Kier molecular flexibility index (Phi) is 3.82. The molecule has 0 heterocycles. The number of nitrogens with zero attached hydrogens (tertiary/aromatic N) is 1. The largest absolute Gasteiger partial charge is 0.396 e. The molecular formula is C9H10INO3. The van der Waals surface area contributed by atoms with Gasteiger partial charge in [0.05, 0.1) is 8.49 Å². The Hall–Kier alpha value is -0.690.